The predicted octanol–water partition coefficient (Wildman–Crippen LogP) is 4.31. The Balaban J connectivity index is 1.37. The van der Waals surface area contributed by atoms with Gasteiger partial charge in [0, 0.05) is 18.8 Å². The number of aryl methyl sites for hydroxylation is 1. The summed E-state index contributed by atoms with van der Waals surface area (Å²) in [4.78, 5) is 23.2. The van der Waals surface area contributed by atoms with Crippen LogP contribution in [0.4, 0.5) is 23.4 Å². The molecule has 1 saturated heterocycles. The molecule has 172 valence electrons. The lowest BCUT2D eigenvalue weighted by atomic mass is 10.0. The van der Waals surface area contributed by atoms with E-state index in [1.807, 2.05) is 0 Å². The van der Waals surface area contributed by atoms with E-state index >= 15 is 0 Å². The number of halogens is 4. The fourth-order valence-electron chi connectivity index (χ4n) is 4.69. The van der Waals surface area contributed by atoms with Crippen molar-refractivity contribution in [2.45, 2.75) is 38.0 Å². The van der Waals surface area contributed by atoms with Gasteiger partial charge in [-0.3, -0.25) is 4.79 Å². The highest BCUT2D eigenvalue weighted by Crippen LogP contribution is 2.40. The van der Waals surface area contributed by atoms with Crippen LogP contribution in [-0.4, -0.2) is 44.6 Å². The molecule has 7 nitrogen and oxygen atoms in total. The molecule has 2 fully saturated rings. The monoisotopic (exact) mass is 461 g/mol. The molecule has 33 heavy (non-hydrogen) atoms. The molecule has 1 aliphatic carbocycles. The van der Waals surface area contributed by atoms with Crippen LogP contribution < -0.4 is 5.32 Å². The SMILES string of the molecule is Cc1noc(-c2cc(F)ccc2C(=O)N2C[C@H]3CC(Nc4ccc(C(F)(F)F)cn4)C2C3)n1. The largest absolute Gasteiger partial charge is 0.417 e. The Morgan fingerprint density at radius 3 is 2.67 bits per heavy atom. The van der Waals surface area contributed by atoms with Crippen molar-refractivity contribution in [1.82, 2.24) is 20.0 Å². The number of aromatic nitrogens is 3. The van der Waals surface area contributed by atoms with Gasteiger partial charge in [-0.2, -0.15) is 18.2 Å². The van der Waals surface area contributed by atoms with Gasteiger partial charge in [-0.05, 0) is 56.0 Å². The standard InChI is InChI=1S/C22H19F4N5O2/c1-11-28-20(33-30-11)16-8-14(23)3-4-15(16)21(32)31-10-12-6-17(18(31)7-12)29-19-5-2-13(9-27-19)22(24,25)26/h2-5,8-9,12,17-18H,6-7,10H2,1H3,(H,27,29)/t12-,17?,18?/m0/s1. The van der Waals surface area contributed by atoms with Crippen LogP contribution in [0.3, 0.4) is 0 Å². The minimum absolute atomic E-state index is 0.0586. The van der Waals surface area contributed by atoms with Gasteiger partial charge >= 0.3 is 6.18 Å². The van der Waals surface area contributed by atoms with E-state index in [1.54, 1.807) is 11.8 Å². The Bertz CT molecular complexity index is 1190. The number of alkyl halides is 3. The lowest BCUT2D eigenvalue weighted by Gasteiger charge is -2.34. The number of piperidine rings is 1. The van der Waals surface area contributed by atoms with E-state index in [0.29, 0.717) is 18.2 Å². The summed E-state index contributed by atoms with van der Waals surface area (Å²) in [6.07, 6.45) is -2.13. The number of amides is 1. The molecule has 2 aromatic heterocycles. The van der Waals surface area contributed by atoms with Gasteiger partial charge in [0.2, 0.25) is 0 Å². The maximum Gasteiger partial charge on any atom is 0.417 e. The van der Waals surface area contributed by atoms with Crippen molar-refractivity contribution in [3.63, 3.8) is 0 Å². The summed E-state index contributed by atoms with van der Waals surface area (Å²) in [6, 6.07) is 5.73. The first-order valence-electron chi connectivity index (χ1n) is 10.4. The maximum atomic E-state index is 13.9. The molecular formula is C22H19F4N5O2. The van der Waals surface area contributed by atoms with Crippen molar-refractivity contribution in [3.8, 4) is 11.5 Å². The number of hydrogen-bond donors (Lipinski definition) is 1. The van der Waals surface area contributed by atoms with Crippen LogP contribution in [0.1, 0.15) is 34.6 Å². The maximum absolute atomic E-state index is 13.9. The Morgan fingerprint density at radius 1 is 1.21 bits per heavy atom. The van der Waals surface area contributed by atoms with Crippen LogP contribution in [0.5, 0.6) is 0 Å². The number of pyridine rings is 1. The Kier molecular flexibility index (Phi) is 5.06. The molecule has 3 aromatic rings. The van der Waals surface area contributed by atoms with E-state index in [2.05, 4.69) is 20.4 Å². The fourth-order valence-corrected chi connectivity index (χ4v) is 4.69. The molecule has 2 aliphatic rings. The molecular weight excluding hydrogens is 442 g/mol. The molecule has 1 saturated carbocycles. The Labute approximate surface area is 185 Å². The number of carbonyl (C=O) groups is 1. The van der Waals surface area contributed by atoms with Crippen molar-refractivity contribution >= 4 is 11.7 Å². The zero-order valence-corrected chi connectivity index (χ0v) is 17.4. The summed E-state index contributed by atoms with van der Waals surface area (Å²) in [5.41, 5.74) is -0.353. The number of likely N-dealkylation sites (tertiary alicyclic amines) is 1. The number of rotatable bonds is 4. The van der Waals surface area contributed by atoms with Gasteiger partial charge in [-0.1, -0.05) is 5.16 Å². The number of nitrogens with zero attached hydrogens (tertiary/aromatic N) is 4. The summed E-state index contributed by atoms with van der Waals surface area (Å²) in [5.74, 6) is 0.162. The van der Waals surface area contributed by atoms with E-state index in [-0.39, 0.29) is 40.9 Å². The second-order valence-corrected chi connectivity index (χ2v) is 8.38. The minimum atomic E-state index is -4.45. The van der Waals surface area contributed by atoms with E-state index in [0.717, 1.165) is 25.1 Å². The number of benzene rings is 1. The molecule has 1 aromatic carbocycles. The van der Waals surface area contributed by atoms with Crippen LogP contribution in [0.25, 0.3) is 11.5 Å². The van der Waals surface area contributed by atoms with Gasteiger partial charge in [-0.15, -0.1) is 0 Å². The zero-order chi connectivity index (χ0) is 23.3. The highest BCUT2D eigenvalue weighted by molar-refractivity contribution is 6.00. The molecule has 2 unspecified atom stereocenters. The number of hydrogen-bond acceptors (Lipinski definition) is 6. The van der Waals surface area contributed by atoms with E-state index in [1.165, 1.54) is 24.3 Å². The summed E-state index contributed by atoms with van der Waals surface area (Å²) >= 11 is 0. The van der Waals surface area contributed by atoms with Crippen LogP contribution >= 0.6 is 0 Å². The van der Waals surface area contributed by atoms with Crippen molar-refractivity contribution in [2.75, 3.05) is 11.9 Å². The first kappa shape index (κ1) is 21.4. The van der Waals surface area contributed by atoms with Crippen molar-refractivity contribution in [2.24, 2.45) is 5.92 Å². The van der Waals surface area contributed by atoms with E-state index in [4.69, 9.17) is 4.52 Å². The summed E-state index contributed by atoms with van der Waals surface area (Å²) in [6.45, 7) is 2.17. The van der Waals surface area contributed by atoms with Crippen LogP contribution in [-0.2, 0) is 6.18 Å². The molecule has 11 heteroatoms. The minimum Gasteiger partial charge on any atom is -0.365 e. The normalized spacial score (nSPS) is 22.1. The average Bonchev–Trinajstić information content (AvgIpc) is 3.49. The highest BCUT2D eigenvalue weighted by atomic mass is 19.4. The lowest BCUT2D eigenvalue weighted by molar-refractivity contribution is -0.137. The first-order valence-corrected chi connectivity index (χ1v) is 10.4. The third-order valence-electron chi connectivity index (χ3n) is 6.14. The molecule has 0 spiro atoms. The number of anilines is 1. The van der Waals surface area contributed by atoms with Gasteiger partial charge in [-0.25, -0.2) is 9.37 Å². The molecule has 1 amide bonds. The quantitative estimate of drug-likeness (QED) is 0.583. The predicted molar refractivity (Wildman–Crippen MR) is 109 cm³/mol. The van der Waals surface area contributed by atoms with Gasteiger partial charge in [0.1, 0.15) is 11.6 Å². The Hall–Kier alpha value is -3.50. The molecule has 1 aliphatic heterocycles. The lowest BCUT2D eigenvalue weighted by Crippen LogP contribution is -2.47. The summed E-state index contributed by atoms with van der Waals surface area (Å²) in [7, 11) is 0. The van der Waals surface area contributed by atoms with Crippen LogP contribution in [0, 0.1) is 18.7 Å². The summed E-state index contributed by atoms with van der Waals surface area (Å²) < 4.78 is 57.4. The third-order valence-corrected chi connectivity index (χ3v) is 6.14. The Morgan fingerprint density at radius 2 is 2.03 bits per heavy atom. The van der Waals surface area contributed by atoms with Crippen LogP contribution in [0.15, 0.2) is 41.1 Å². The number of fused-ring (bicyclic) bond motifs is 2. The van der Waals surface area contributed by atoms with E-state index in [9.17, 15) is 22.4 Å². The smallest absolute Gasteiger partial charge is 0.365 e. The molecule has 3 atom stereocenters. The third kappa shape index (κ3) is 4.03. The zero-order valence-electron chi connectivity index (χ0n) is 17.4. The van der Waals surface area contributed by atoms with E-state index < -0.39 is 17.6 Å². The van der Waals surface area contributed by atoms with Crippen LogP contribution in [0.2, 0.25) is 0 Å². The fraction of sp³-hybridized carbons (Fsp3) is 0.364. The van der Waals surface area contributed by atoms with Crippen molar-refractivity contribution in [1.29, 1.82) is 0 Å². The number of nitrogens with one attached hydrogen (secondary N) is 1. The van der Waals surface area contributed by atoms with Crippen molar-refractivity contribution < 1.29 is 26.9 Å². The van der Waals surface area contributed by atoms with Gasteiger partial charge in [0.05, 0.1) is 22.7 Å². The topological polar surface area (TPSA) is 84.2 Å². The second-order valence-electron chi connectivity index (χ2n) is 8.38. The number of carbonyl (C=O) groups excluding carboxylic acids is 1. The molecule has 0 radical (unpaired) electrons. The first-order chi connectivity index (χ1) is 15.7. The van der Waals surface area contributed by atoms with Gasteiger partial charge < -0.3 is 14.7 Å². The van der Waals surface area contributed by atoms with Gasteiger partial charge in [0.15, 0.2) is 5.82 Å². The summed E-state index contributed by atoms with van der Waals surface area (Å²) in [5, 5.41) is 6.89. The van der Waals surface area contributed by atoms with Gasteiger partial charge in [0.25, 0.3) is 11.8 Å². The average molecular weight is 461 g/mol. The molecule has 3 heterocycles. The second kappa shape index (κ2) is 7.82. The highest BCUT2D eigenvalue weighted by Gasteiger charge is 2.47. The molecule has 1 N–H and O–H groups in total. The van der Waals surface area contributed by atoms with Crippen molar-refractivity contribution in [3.05, 3.63) is 59.3 Å². The molecule has 2 bridgehead atoms. The molecule has 5 rings (SSSR count).